The number of ether oxygens (including phenoxy) is 1. The normalized spacial score (nSPS) is 14.1. The molecule has 1 aromatic carbocycles. The molecule has 0 radical (unpaired) electrons. The van der Waals surface area contributed by atoms with Gasteiger partial charge in [0.2, 0.25) is 0 Å². The fraction of sp³-hybridized carbons (Fsp3) is 0.286. The number of hydrogen-bond acceptors (Lipinski definition) is 4. The monoisotopic (exact) mass is 292 g/mol. The zero-order valence-corrected chi connectivity index (χ0v) is 11.5. The molecule has 0 spiro atoms. The predicted molar refractivity (Wildman–Crippen MR) is 74.2 cm³/mol. The van der Waals surface area contributed by atoms with E-state index in [2.05, 4.69) is 9.97 Å². The van der Waals surface area contributed by atoms with Gasteiger partial charge in [0.15, 0.2) is 0 Å². The lowest BCUT2D eigenvalue weighted by atomic mass is 10.1. The van der Waals surface area contributed by atoms with Crippen molar-refractivity contribution >= 4 is 11.8 Å². The van der Waals surface area contributed by atoms with Crippen LogP contribution in [0.3, 0.4) is 0 Å². The molecule has 3 rings (SSSR count). The highest BCUT2D eigenvalue weighted by atomic mass is 32.2. The van der Waals surface area contributed by atoms with Crippen molar-refractivity contribution in [2.24, 2.45) is 0 Å². The van der Waals surface area contributed by atoms with Gasteiger partial charge in [0, 0.05) is 11.3 Å². The van der Waals surface area contributed by atoms with Gasteiger partial charge >= 0.3 is 0 Å². The van der Waals surface area contributed by atoms with Crippen LogP contribution in [-0.2, 0) is 23.5 Å². The molecule has 0 atom stereocenters. The summed E-state index contributed by atoms with van der Waals surface area (Å²) in [5, 5.41) is 0. The maximum absolute atomic E-state index is 13.1. The Morgan fingerprint density at radius 1 is 1.45 bits per heavy atom. The van der Waals surface area contributed by atoms with E-state index < -0.39 is 0 Å². The van der Waals surface area contributed by atoms with Crippen molar-refractivity contribution in [2.45, 2.75) is 23.7 Å². The van der Waals surface area contributed by atoms with E-state index in [9.17, 15) is 9.18 Å². The first-order valence-corrected chi connectivity index (χ1v) is 7.28. The van der Waals surface area contributed by atoms with Crippen LogP contribution < -0.4 is 5.56 Å². The highest BCUT2D eigenvalue weighted by molar-refractivity contribution is 7.98. The van der Waals surface area contributed by atoms with E-state index in [4.69, 9.17) is 4.74 Å². The second-order valence-corrected chi connectivity index (χ2v) is 5.54. The van der Waals surface area contributed by atoms with E-state index >= 15 is 0 Å². The highest BCUT2D eigenvalue weighted by Crippen LogP contribution is 2.22. The van der Waals surface area contributed by atoms with E-state index in [1.807, 2.05) is 6.07 Å². The standard InChI is InChI=1S/C14H13FN2O2S/c15-9-2-1-3-10(6-9)20-8-13-16-12-4-5-19-7-11(12)14(18)17-13/h1-3,6H,4-5,7-8H2,(H,16,17,18). The van der Waals surface area contributed by atoms with Crippen molar-refractivity contribution in [2.75, 3.05) is 6.61 Å². The summed E-state index contributed by atoms with van der Waals surface area (Å²) in [6.07, 6.45) is 0.664. The maximum Gasteiger partial charge on any atom is 0.256 e. The molecular weight excluding hydrogens is 279 g/mol. The molecule has 6 heteroatoms. The van der Waals surface area contributed by atoms with E-state index in [0.29, 0.717) is 36.8 Å². The number of aromatic nitrogens is 2. The Morgan fingerprint density at radius 2 is 2.35 bits per heavy atom. The molecule has 20 heavy (non-hydrogen) atoms. The number of aromatic amines is 1. The molecule has 104 valence electrons. The van der Waals surface area contributed by atoms with E-state index in [1.165, 1.54) is 23.9 Å². The van der Waals surface area contributed by atoms with Gasteiger partial charge < -0.3 is 9.72 Å². The van der Waals surface area contributed by atoms with Crippen LogP contribution in [0.15, 0.2) is 34.0 Å². The topological polar surface area (TPSA) is 55.0 Å². The molecule has 1 aliphatic heterocycles. The van der Waals surface area contributed by atoms with Crippen LogP contribution in [0.5, 0.6) is 0 Å². The number of benzene rings is 1. The molecule has 1 N–H and O–H groups in total. The molecule has 2 heterocycles. The number of H-pyrrole nitrogens is 1. The molecule has 2 aromatic rings. The molecule has 0 fully saturated rings. The lowest BCUT2D eigenvalue weighted by molar-refractivity contribution is 0.108. The average molecular weight is 292 g/mol. The Kier molecular flexibility index (Phi) is 3.84. The third-order valence-electron chi connectivity index (χ3n) is 3.05. The summed E-state index contributed by atoms with van der Waals surface area (Å²) in [4.78, 5) is 19.9. The zero-order chi connectivity index (χ0) is 13.9. The minimum atomic E-state index is -0.265. The predicted octanol–water partition coefficient (Wildman–Crippen LogP) is 2.27. The van der Waals surface area contributed by atoms with Crippen LogP contribution in [0.1, 0.15) is 17.1 Å². The van der Waals surface area contributed by atoms with Crippen LogP contribution in [-0.4, -0.2) is 16.6 Å². The first kappa shape index (κ1) is 13.3. The summed E-state index contributed by atoms with van der Waals surface area (Å²) in [6.45, 7) is 0.926. The Labute approximate surface area is 119 Å². The van der Waals surface area contributed by atoms with Crippen molar-refractivity contribution in [1.29, 1.82) is 0 Å². The SMILES string of the molecule is O=c1[nH]c(CSc2cccc(F)c2)nc2c1COCC2. The number of halogens is 1. The van der Waals surface area contributed by atoms with Crippen LogP contribution in [0.2, 0.25) is 0 Å². The number of thioether (sulfide) groups is 1. The molecule has 1 aromatic heterocycles. The van der Waals surface area contributed by atoms with E-state index in [-0.39, 0.29) is 11.4 Å². The van der Waals surface area contributed by atoms with Gasteiger partial charge in [-0.25, -0.2) is 9.37 Å². The van der Waals surface area contributed by atoms with Gasteiger partial charge in [-0.05, 0) is 18.2 Å². The first-order valence-electron chi connectivity index (χ1n) is 6.29. The molecule has 0 amide bonds. The summed E-state index contributed by atoms with van der Waals surface area (Å²) in [5.74, 6) is 0.858. The Hall–Kier alpha value is -1.66. The lowest BCUT2D eigenvalue weighted by Gasteiger charge is -2.15. The van der Waals surface area contributed by atoms with Gasteiger partial charge in [0.05, 0.1) is 30.2 Å². The third kappa shape index (κ3) is 2.91. The lowest BCUT2D eigenvalue weighted by Crippen LogP contribution is -2.25. The van der Waals surface area contributed by atoms with Gasteiger partial charge in [0.25, 0.3) is 5.56 Å². The van der Waals surface area contributed by atoms with Crippen LogP contribution in [0, 0.1) is 5.82 Å². The van der Waals surface area contributed by atoms with Gasteiger partial charge in [-0.3, -0.25) is 4.79 Å². The third-order valence-corrected chi connectivity index (χ3v) is 4.06. The Morgan fingerprint density at radius 3 is 3.20 bits per heavy atom. The van der Waals surface area contributed by atoms with Crippen molar-refractivity contribution in [1.82, 2.24) is 9.97 Å². The molecule has 0 bridgehead atoms. The van der Waals surface area contributed by atoms with Crippen LogP contribution >= 0.6 is 11.8 Å². The fourth-order valence-electron chi connectivity index (χ4n) is 2.07. The number of rotatable bonds is 3. The molecular formula is C14H13FN2O2S. The summed E-state index contributed by atoms with van der Waals surface area (Å²) in [5.41, 5.74) is 1.30. The second kappa shape index (κ2) is 5.76. The van der Waals surface area contributed by atoms with Gasteiger partial charge in [-0.1, -0.05) is 6.07 Å². The Bertz CT molecular complexity index is 687. The summed E-state index contributed by atoms with van der Waals surface area (Å²) in [7, 11) is 0. The summed E-state index contributed by atoms with van der Waals surface area (Å²) < 4.78 is 18.3. The van der Waals surface area contributed by atoms with Gasteiger partial charge in [-0.2, -0.15) is 0 Å². The number of nitrogens with zero attached hydrogens (tertiary/aromatic N) is 1. The minimum absolute atomic E-state index is 0.135. The van der Waals surface area contributed by atoms with Crippen molar-refractivity contribution in [3.05, 3.63) is 57.5 Å². The summed E-state index contributed by atoms with van der Waals surface area (Å²) in [6, 6.07) is 6.37. The Balaban J connectivity index is 1.78. The molecule has 0 aliphatic carbocycles. The first-order chi connectivity index (χ1) is 9.72. The second-order valence-electron chi connectivity index (χ2n) is 4.49. The number of nitrogens with one attached hydrogen (secondary N) is 1. The fourth-order valence-corrected chi connectivity index (χ4v) is 2.88. The van der Waals surface area contributed by atoms with Crippen molar-refractivity contribution in [3.63, 3.8) is 0 Å². The van der Waals surface area contributed by atoms with E-state index in [0.717, 1.165) is 10.6 Å². The molecule has 0 saturated carbocycles. The van der Waals surface area contributed by atoms with E-state index in [1.54, 1.807) is 6.07 Å². The van der Waals surface area contributed by atoms with Crippen molar-refractivity contribution < 1.29 is 9.13 Å². The molecule has 0 unspecified atom stereocenters. The maximum atomic E-state index is 13.1. The van der Waals surface area contributed by atoms with Gasteiger partial charge in [0.1, 0.15) is 11.6 Å². The molecule has 4 nitrogen and oxygen atoms in total. The smallest absolute Gasteiger partial charge is 0.256 e. The largest absolute Gasteiger partial charge is 0.376 e. The number of fused-ring (bicyclic) bond motifs is 1. The average Bonchev–Trinajstić information content (AvgIpc) is 2.45. The van der Waals surface area contributed by atoms with Crippen LogP contribution in [0.4, 0.5) is 4.39 Å². The molecule has 0 saturated heterocycles. The highest BCUT2D eigenvalue weighted by Gasteiger charge is 2.15. The van der Waals surface area contributed by atoms with Crippen LogP contribution in [0.25, 0.3) is 0 Å². The van der Waals surface area contributed by atoms with Crippen molar-refractivity contribution in [3.8, 4) is 0 Å². The quantitative estimate of drug-likeness (QED) is 0.882. The number of hydrogen-bond donors (Lipinski definition) is 1. The zero-order valence-electron chi connectivity index (χ0n) is 10.7. The summed E-state index contributed by atoms with van der Waals surface area (Å²) >= 11 is 1.44. The van der Waals surface area contributed by atoms with Gasteiger partial charge in [-0.15, -0.1) is 11.8 Å². The minimum Gasteiger partial charge on any atom is -0.376 e. The molecule has 1 aliphatic rings.